The van der Waals surface area contributed by atoms with Gasteiger partial charge in [-0.25, -0.2) is 0 Å². The number of hydrogen-bond acceptors (Lipinski definition) is 3. The van der Waals surface area contributed by atoms with Gasteiger partial charge in [0.1, 0.15) is 0 Å². The molecule has 0 aliphatic carbocycles. The molecule has 0 saturated carbocycles. The van der Waals surface area contributed by atoms with Crippen molar-refractivity contribution in [3.8, 4) is 0 Å². The number of morpholine rings is 1. The highest BCUT2D eigenvalue weighted by atomic mass is 127. The summed E-state index contributed by atoms with van der Waals surface area (Å²) < 4.78 is 6.01. The third-order valence-electron chi connectivity index (χ3n) is 5.40. The van der Waals surface area contributed by atoms with E-state index in [1.165, 1.54) is 30.5 Å². The fourth-order valence-corrected chi connectivity index (χ4v) is 3.70. The summed E-state index contributed by atoms with van der Waals surface area (Å²) in [5, 5.41) is 6.86. The Morgan fingerprint density at radius 2 is 2.08 bits per heavy atom. The molecule has 26 heavy (non-hydrogen) atoms. The van der Waals surface area contributed by atoms with Gasteiger partial charge in [0, 0.05) is 32.7 Å². The topological polar surface area (TPSA) is 48.9 Å². The van der Waals surface area contributed by atoms with Gasteiger partial charge < -0.3 is 15.4 Å². The molecular formula is C20H33IN4O. The lowest BCUT2D eigenvalue weighted by Gasteiger charge is -2.35. The van der Waals surface area contributed by atoms with E-state index < -0.39 is 0 Å². The minimum absolute atomic E-state index is 0. The number of guanidine groups is 1. The Morgan fingerprint density at radius 3 is 2.81 bits per heavy atom. The minimum atomic E-state index is 0. The summed E-state index contributed by atoms with van der Waals surface area (Å²) in [6.45, 7) is 9.17. The summed E-state index contributed by atoms with van der Waals surface area (Å²) in [7, 11) is 1.82. The normalized spacial score (nSPS) is 24.5. The Hall–Kier alpha value is -0.860. The van der Waals surface area contributed by atoms with Gasteiger partial charge in [-0.1, -0.05) is 36.8 Å². The number of halogens is 1. The summed E-state index contributed by atoms with van der Waals surface area (Å²) in [5.41, 5.74) is 2.65. The van der Waals surface area contributed by atoms with Gasteiger partial charge in [0.2, 0.25) is 0 Å². The fourth-order valence-electron chi connectivity index (χ4n) is 3.70. The average molecular weight is 472 g/mol. The summed E-state index contributed by atoms with van der Waals surface area (Å²) in [6, 6.07) is 9.42. The van der Waals surface area contributed by atoms with Gasteiger partial charge in [-0.3, -0.25) is 9.89 Å². The molecule has 2 aliphatic heterocycles. The monoisotopic (exact) mass is 472 g/mol. The van der Waals surface area contributed by atoms with Gasteiger partial charge in [-0.05, 0) is 37.8 Å². The van der Waals surface area contributed by atoms with Crippen molar-refractivity contribution in [1.29, 1.82) is 0 Å². The van der Waals surface area contributed by atoms with Crippen LogP contribution in [0.2, 0.25) is 0 Å². The standard InChI is InChI=1S/C20H32N4O.HI/c1-15-6-8-17(9-7-15)16(2)11-22-20(21-3)23-12-19-13-24-10-4-5-18(24)14-25-19;/h6-9,16,18-19H,4-5,10-14H2,1-3H3,(H2,21,22,23);1H. The Labute approximate surface area is 175 Å². The van der Waals surface area contributed by atoms with Gasteiger partial charge >= 0.3 is 0 Å². The molecule has 0 spiro atoms. The van der Waals surface area contributed by atoms with E-state index in [2.05, 4.69) is 58.6 Å². The number of hydrogen-bond donors (Lipinski definition) is 2. The molecule has 3 rings (SSSR count). The van der Waals surface area contributed by atoms with Crippen LogP contribution < -0.4 is 10.6 Å². The van der Waals surface area contributed by atoms with E-state index in [0.29, 0.717) is 12.0 Å². The summed E-state index contributed by atoms with van der Waals surface area (Å²) in [4.78, 5) is 6.92. The number of aliphatic imine (C=N–C) groups is 1. The van der Waals surface area contributed by atoms with Crippen LogP contribution in [0, 0.1) is 6.92 Å². The number of nitrogens with zero attached hydrogens (tertiary/aromatic N) is 2. The molecule has 0 radical (unpaired) electrons. The van der Waals surface area contributed by atoms with E-state index in [4.69, 9.17) is 4.74 Å². The highest BCUT2D eigenvalue weighted by Crippen LogP contribution is 2.22. The molecule has 2 aliphatic rings. The van der Waals surface area contributed by atoms with Crippen LogP contribution in [-0.2, 0) is 4.74 Å². The Morgan fingerprint density at radius 1 is 1.31 bits per heavy atom. The molecule has 3 unspecified atom stereocenters. The van der Waals surface area contributed by atoms with Crippen LogP contribution in [0.5, 0.6) is 0 Å². The smallest absolute Gasteiger partial charge is 0.191 e. The molecule has 2 fully saturated rings. The zero-order chi connectivity index (χ0) is 17.6. The van der Waals surface area contributed by atoms with Crippen molar-refractivity contribution >= 4 is 29.9 Å². The largest absolute Gasteiger partial charge is 0.373 e. The Kier molecular flexibility index (Phi) is 8.63. The van der Waals surface area contributed by atoms with E-state index in [1.54, 1.807) is 0 Å². The number of fused-ring (bicyclic) bond motifs is 1. The first-order chi connectivity index (χ1) is 12.2. The fraction of sp³-hybridized carbons (Fsp3) is 0.650. The molecule has 0 amide bonds. The van der Waals surface area contributed by atoms with Gasteiger partial charge in [0.15, 0.2) is 5.96 Å². The summed E-state index contributed by atoms with van der Waals surface area (Å²) in [5.74, 6) is 1.29. The second kappa shape index (κ2) is 10.5. The lowest BCUT2D eigenvalue weighted by Crippen LogP contribution is -2.51. The zero-order valence-electron chi connectivity index (χ0n) is 16.2. The van der Waals surface area contributed by atoms with E-state index in [9.17, 15) is 0 Å². The van der Waals surface area contributed by atoms with Crippen LogP contribution in [0.1, 0.15) is 36.8 Å². The van der Waals surface area contributed by atoms with E-state index in [-0.39, 0.29) is 30.1 Å². The SMILES string of the molecule is CN=C(NCC1CN2CCCC2CO1)NCC(C)c1ccc(C)cc1.I. The second-order valence-electron chi connectivity index (χ2n) is 7.39. The molecule has 146 valence electrons. The molecule has 1 aromatic carbocycles. The van der Waals surface area contributed by atoms with Crippen LogP contribution in [0.4, 0.5) is 0 Å². The van der Waals surface area contributed by atoms with Crippen LogP contribution in [0.3, 0.4) is 0 Å². The summed E-state index contributed by atoms with van der Waals surface area (Å²) >= 11 is 0. The first kappa shape index (κ1) is 21.4. The number of ether oxygens (including phenoxy) is 1. The molecule has 0 bridgehead atoms. The van der Waals surface area contributed by atoms with Gasteiger partial charge in [-0.2, -0.15) is 0 Å². The van der Waals surface area contributed by atoms with E-state index in [1.807, 2.05) is 7.05 Å². The molecule has 1 aromatic rings. The van der Waals surface area contributed by atoms with Crippen LogP contribution in [-0.4, -0.2) is 62.8 Å². The quantitative estimate of drug-likeness (QED) is 0.393. The lowest BCUT2D eigenvalue weighted by atomic mass is 10.0. The first-order valence-corrected chi connectivity index (χ1v) is 9.52. The average Bonchev–Trinajstić information content (AvgIpc) is 3.10. The van der Waals surface area contributed by atoms with Crippen molar-refractivity contribution < 1.29 is 4.74 Å². The maximum absolute atomic E-state index is 6.01. The molecule has 0 aromatic heterocycles. The van der Waals surface area contributed by atoms with Crippen LogP contribution in [0.25, 0.3) is 0 Å². The van der Waals surface area contributed by atoms with Crippen molar-refractivity contribution in [3.63, 3.8) is 0 Å². The van der Waals surface area contributed by atoms with E-state index in [0.717, 1.165) is 32.2 Å². The van der Waals surface area contributed by atoms with Crippen molar-refractivity contribution in [2.24, 2.45) is 4.99 Å². The third kappa shape index (κ3) is 5.82. The molecule has 5 nitrogen and oxygen atoms in total. The number of rotatable bonds is 5. The predicted octanol–water partition coefficient (Wildman–Crippen LogP) is 2.74. The molecule has 6 heteroatoms. The predicted molar refractivity (Wildman–Crippen MR) is 119 cm³/mol. The maximum atomic E-state index is 6.01. The Balaban J connectivity index is 0.00000243. The van der Waals surface area contributed by atoms with Gasteiger partial charge in [-0.15, -0.1) is 24.0 Å². The third-order valence-corrected chi connectivity index (χ3v) is 5.40. The maximum Gasteiger partial charge on any atom is 0.191 e. The summed E-state index contributed by atoms with van der Waals surface area (Å²) in [6.07, 6.45) is 2.86. The molecule has 3 atom stereocenters. The minimum Gasteiger partial charge on any atom is -0.373 e. The van der Waals surface area contributed by atoms with Gasteiger partial charge in [0.25, 0.3) is 0 Å². The Bertz CT molecular complexity index is 578. The van der Waals surface area contributed by atoms with Crippen molar-refractivity contribution in [2.75, 3.05) is 39.8 Å². The van der Waals surface area contributed by atoms with Crippen LogP contribution in [0.15, 0.2) is 29.3 Å². The van der Waals surface area contributed by atoms with Crippen molar-refractivity contribution in [1.82, 2.24) is 15.5 Å². The van der Waals surface area contributed by atoms with Gasteiger partial charge in [0.05, 0.1) is 12.7 Å². The zero-order valence-corrected chi connectivity index (χ0v) is 18.5. The number of benzene rings is 1. The number of aryl methyl sites for hydroxylation is 1. The molecule has 2 saturated heterocycles. The first-order valence-electron chi connectivity index (χ1n) is 9.52. The molecule has 2 heterocycles. The molecule has 2 N–H and O–H groups in total. The lowest BCUT2D eigenvalue weighted by molar-refractivity contribution is -0.0453. The second-order valence-corrected chi connectivity index (χ2v) is 7.39. The molecular weight excluding hydrogens is 439 g/mol. The van der Waals surface area contributed by atoms with Crippen molar-refractivity contribution in [2.45, 2.75) is 44.8 Å². The van der Waals surface area contributed by atoms with E-state index >= 15 is 0 Å². The van der Waals surface area contributed by atoms with Crippen molar-refractivity contribution in [3.05, 3.63) is 35.4 Å². The highest BCUT2D eigenvalue weighted by Gasteiger charge is 2.32. The highest BCUT2D eigenvalue weighted by molar-refractivity contribution is 14.0. The van der Waals surface area contributed by atoms with Crippen LogP contribution >= 0.6 is 24.0 Å². The number of nitrogens with one attached hydrogen (secondary N) is 2.